The minimum Gasteiger partial charge on any atom is -0.368 e. The molecular formula is C17H22F3NO2. The van der Waals surface area contributed by atoms with E-state index in [0.717, 1.165) is 49.8 Å². The number of methoxy groups -OCH3 is 1. The van der Waals surface area contributed by atoms with Crippen LogP contribution in [0.25, 0.3) is 0 Å². The summed E-state index contributed by atoms with van der Waals surface area (Å²) in [4.78, 5) is 12.3. The lowest BCUT2D eigenvalue weighted by atomic mass is 9.84. The van der Waals surface area contributed by atoms with Crippen LogP contribution in [0.15, 0.2) is 24.3 Å². The Morgan fingerprint density at radius 1 is 1.17 bits per heavy atom. The summed E-state index contributed by atoms with van der Waals surface area (Å²) in [5, 5.41) is 2.85. The number of hydrogen-bond acceptors (Lipinski definition) is 2. The van der Waals surface area contributed by atoms with Crippen LogP contribution in [0.3, 0.4) is 0 Å². The van der Waals surface area contributed by atoms with Crippen LogP contribution in [0.4, 0.5) is 13.2 Å². The SMILES string of the molecule is COC1(C(=O)NCCc2ccc(C(F)(F)F)cc2)CCCCC1. The number of nitrogens with one attached hydrogen (secondary N) is 1. The van der Waals surface area contributed by atoms with Crippen LogP contribution in [0.2, 0.25) is 0 Å². The van der Waals surface area contributed by atoms with Gasteiger partial charge in [0.15, 0.2) is 0 Å². The summed E-state index contributed by atoms with van der Waals surface area (Å²) in [6.45, 7) is 0.384. The first-order valence-electron chi connectivity index (χ1n) is 7.87. The van der Waals surface area contributed by atoms with Gasteiger partial charge in [0, 0.05) is 13.7 Å². The topological polar surface area (TPSA) is 38.3 Å². The van der Waals surface area contributed by atoms with Crippen LogP contribution >= 0.6 is 0 Å². The van der Waals surface area contributed by atoms with E-state index in [2.05, 4.69) is 5.32 Å². The molecule has 1 aliphatic carbocycles. The molecule has 0 unspecified atom stereocenters. The lowest BCUT2D eigenvalue weighted by molar-refractivity contribution is -0.147. The Morgan fingerprint density at radius 2 is 1.78 bits per heavy atom. The summed E-state index contributed by atoms with van der Waals surface area (Å²) < 4.78 is 42.9. The van der Waals surface area contributed by atoms with E-state index >= 15 is 0 Å². The Kier molecular flexibility index (Phi) is 5.68. The molecule has 0 radical (unpaired) electrons. The molecule has 1 aromatic carbocycles. The van der Waals surface area contributed by atoms with Crippen LogP contribution in [0, 0.1) is 0 Å². The van der Waals surface area contributed by atoms with Gasteiger partial charge in [0.05, 0.1) is 5.56 Å². The number of ether oxygens (including phenoxy) is 1. The smallest absolute Gasteiger partial charge is 0.368 e. The molecule has 0 atom stereocenters. The highest BCUT2D eigenvalue weighted by molar-refractivity contribution is 5.85. The maximum absolute atomic E-state index is 12.5. The molecule has 1 fully saturated rings. The number of carbonyl (C=O) groups is 1. The van der Waals surface area contributed by atoms with Gasteiger partial charge in [-0.15, -0.1) is 0 Å². The van der Waals surface area contributed by atoms with Gasteiger partial charge in [-0.2, -0.15) is 13.2 Å². The molecule has 128 valence electrons. The molecule has 3 nitrogen and oxygen atoms in total. The third-order valence-corrected chi connectivity index (χ3v) is 4.45. The van der Waals surface area contributed by atoms with Crippen LogP contribution in [0.1, 0.15) is 43.2 Å². The van der Waals surface area contributed by atoms with Crippen LogP contribution in [-0.2, 0) is 22.1 Å². The van der Waals surface area contributed by atoms with Crippen LogP contribution < -0.4 is 5.32 Å². The fraction of sp³-hybridized carbons (Fsp3) is 0.588. The van der Waals surface area contributed by atoms with E-state index in [4.69, 9.17) is 4.74 Å². The highest BCUT2D eigenvalue weighted by Crippen LogP contribution is 2.31. The van der Waals surface area contributed by atoms with E-state index in [1.807, 2.05) is 0 Å². The molecule has 1 saturated carbocycles. The summed E-state index contributed by atoms with van der Waals surface area (Å²) in [5.74, 6) is -0.119. The van der Waals surface area contributed by atoms with E-state index in [-0.39, 0.29) is 5.91 Å². The number of rotatable bonds is 5. The minimum atomic E-state index is -4.32. The largest absolute Gasteiger partial charge is 0.416 e. The third kappa shape index (κ3) is 4.47. The molecule has 6 heteroatoms. The summed E-state index contributed by atoms with van der Waals surface area (Å²) in [6, 6.07) is 5.02. The molecule has 23 heavy (non-hydrogen) atoms. The monoisotopic (exact) mass is 329 g/mol. The second kappa shape index (κ2) is 7.34. The third-order valence-electron chi connectivity index (χ3n) is 4.45. The first-order valence-corrected chi connectivity index (χ1v) is 7.87. The van der Waals surface area contributed by atoms with Crippen molar-refractivity contribution in [2.24, 2.45) is 0 Å². The Balaban J connectivity index is 1.85. The van der Waals surface area contributed by atoms with Gasteiger partial charge in [-0.05, 0) is 37.0 Å². The van der Waals surface area contributed by atoms with Crippen LogP contribution in [-0.4, -0.2) is 25.2 Å². The Bertz CT molecular complexity index is 520. The van der Waals surface area contributed by atoms with Crippen molar-refractivity contribution < 1.29 is 22.7 Å². The number of amides is 1. The quantitative estimate of drug-likeness (QED) is 0.894. The first kappa shape index (κ1) is 17.8. The van der Waals surface area contributed by atoms with Crippen molar-refractivity contribution in [2.45, 2.75) is 50.3 Å². The molecule has 2 rings (SSSR count). The van der Waals surface area contributed by atoms with Gasteiger partial charge in [0.25, 0.3) is 5.91 Å². The van der Waals surface area contributed by atoms with Gasteiger partial charge in [-0.25, -0.2) is 0 Å². The van der Waals surface area contributed by atoms with Crippen molar-refractivity contribution in [3.8, 4) is 0 Å². The summed E-state index contributed by atoms with van der Waals surface area (Å²) in [7, 11) is 1.56. The van der Waals surface area contributed by atoms with E-state index in [1.54, 1.807) is 7.11 Å². The maximum Gasteiger partial charge on any atom is 0.416 e. The molecule has 1 aromatic rings. The molecule has 0 aliphatic heterocycles. The van der Waals surface area contributed by atoms with Crippen LogP contribution in [0.5, 0.6) is 0 Å². The van der Waals surface area contributed by atoms with Crippen molar-refractivity contribution in [1.29, 1.82) is 0 Å². The lowest BCUT2D eigenvalue weighted by Crippen LogP contribution is -2.50. The summed E-state index contributed by atoms with van der Waals surface area (Å²) in [5.41, 5.74) is -0.641. The number of halogens is 3. The fourth-order valence-electron chi connectivity index (χ4n) is 2.99. The zero-order valence-corrected chi connectivity index (χ0v) is 13.2. The average Bonchev–Trinajstić information content (AvgIpc) is 2.55. The van der Waals surface area contributed by atoms with Gasteiger partial charge in [-0.1, -0.05) is 31.4 Å². The molecule has 1 aliphatic rings. The van der Waals surface area contributed by atoms with Gasteiger partial charge in [-0.3, -0.25) is 4.79 Å². The van der Waals surface area contributed by atoms with E-state index in [9.17, 15) is 18.0 Å². The minimum absolute atomic E-state index is 0.119. The molecule has 0 bridgehead atoms. The number of alkyl halides is 3. The molecule has 0 saturated heterocycles. The number of carbonyl (C=O) groups excluding carboxylic acids is 1. The zero-order valence-electron chi connectivity index (χ0n) is 13.2. The molecule has 0 aromatic heterocycles. The second-order valence-electron chi connectivity index (χ2n) is 5.96. The number of benzene rings is 1. The highest BCUT2D eigenvalue weighted by Gasteiger charge is 2.39. The van der Waals surface area contributed by atoms with Gasteiger partial charge in [0.1, 0.15) is 5.60 Å². The molecular weight excluding hydrogens is 307 g/mol. The first-order chi connectivity index (χ1) is 10.9. The Labute approximate surface area is 134 Å². The van der Waals surface area contributed by atoms with Crippen molar-refractivity contribution in [3.63, 3.8) is 0 Å². The zero-order chi connectivity index (χ0) is 16.9. The van der Waals surface area contributed by atoms with E-state index in [0.29, 0.717) is 13.0 Å². The van der Waals surface area contributed by atoms with Gasteiger partial charge in [0.2, 0.25) is 0 Å². The summed E-state index contributed by atoms with van der Waals surface area (Å²) in [6.07, 6.45) is 0.664. The predicted octanol–water partition coefficient (Wildman–Crippen LogP) is 3.71. The maximum atomic E-state index is 12.5. The van der Waals surface area contributed by atoms with Crippen molar-refractivity contribution in [3.05, 3.63) is 35.4 Å². The Hall–Kier alpha value is -1.56. The van der Waals surface area contributed by atoms with Crippen molar-refractivity contribution in [2.75, 3.05) is 13.7 Å². The standard InChI is InChI=1S/C17H22F3NO2/c1-23-16(10-3-2-4-11-16)15(22)21-12-9-13-5-7-14(8-6-13)17(18,19)20/h5-8H,2-4,9-12H2,1H3,(H,21,22). The summed E-state index contributed by atoms with van der Waals surface area (Å²) >= 11 is 0. The molecule has 1 amide bonds. The lowest BCUT2D eigenvalue weighted by Gasteiger charge is -2.34. The number of hydrogen-bond donors (Lipinski definition) is 1. The molecule has 1 N–H and O–H groups in total. The predicted molar refractivity (Wildman–Crippen MR) is 81.0 cm³/mol. The molecule has 0 spiro atoms. The van der Waals surface area contributed by atoms with E-state index in [1.165, 1.54) is 12.1 Å². The van der Waals surface area contributed by atoms with Crippen molar-refractivity contribution in [1.82, 2.24) is 5.32 Å². The second-order valence-corrected chi connectivity index (χ2v) is 5.96. The average molecular weight is 329 g/mol. The van der Waals surface area contributed by atoms with E-state index < -0.39 is 17.3 Å². The van der Waals surface area contributed by atoms with Gasteiger partial charge < -0.3 is 10.1 Å². The fourth-order valence-corrected chi connectivity index (χ4v) is 2.99. The van der Waals surface area contributed by atoms with Crippen molar-refractivity contribution >= 4 is 5.91 Å². The highest BCUT2D eigenvalue weighted by atomic mass is 19.4. The normalized spacial score (nSPS) is 17.7. The van der Waals surface area contributed by atoms with Gasteiger partial charge >= 0.3 is 6.18 Å². The Morgan fingerprint density at radius 3 is 2.30 bits per heavy atom. The molecule has 0 heterocycles.